The first kappa shape index (κ1) is 19.6. The van der Waals surface area contributed by atoms with Crippen LogP contribution in [0.2, 0.25) is 0 Å². The second-order valence-corrected chi connectivity index (χ2v) is 7.55. The van der Waals surface area contributed by atoms with Crippen molar-refractivity contribution in [1.82, 2.24) is 0 Å². The van der Waals surface area contributed by atoms with E-state index in [0.717, 1.165) is 0 Å². The predicted molar refractivity (Wildman–Crippen MR) is 110 cm³/mol. The lowest BCUT2D eigenvalue weighted by Crippen LogP contribution is -2.31. The van der Waals surface area contributed by atoms with E-state index < -0.39 is 11.9 Å². The molecule has 1 heterocycles. The molecule has 0 radical (unpaired) electrons. The summed E-state index contributed by atoms with van der Waals surface area (Å²) in [5, 5.41) is 11.7. The Balaban J connectivity index is 1.51. The van der Waals surface area contributed by atoms with Crippen LogP contribution in [0.5, 0.6) is 0 Å². The highest BCUT2D eigenvalue weighted by molar-refractivity contribution is 6.22. The van der Waals surface area contributed by atoms with Gasteiger partial charge in [0.2, 0.25) is 11.8 Å². The van der Waals surface area contributed by atoms with E-state index in [2.05, 4.69) is 5.32 Å². The van der Waals surface area contributed by atoms with Gasteiger partial charge in [0.25, 0.3) is 5.91 Å². The number of nitrogens with zero attached hydrogens (tertiary/aromatic N) is 1. The van der Waals surface area contributed by atoms with Crippen LogP contribution in [0.1, 0.15) is 34.1 Å². The molecule has 0 spiro atoms. The van der Waals surface area contributed by atoms with E-state index in [4.69, 9.17) is 5.11 Å². The lowest BCUT2D eigenvalue weighted by molar-refractivity contribution is -0.122. The third kappa shape index (κ3) is 3.39. The van der Waals surface area contributed by atoms with Crippen LogP contribution in [0.3, 0.4) is 0 Å². The number of carbonyl (C=O) groups excluding carboxylic acids is 3. The Bertz CT molecular complexity index is 1070. The van der Waals surface area contributed by atoms with E-state index in [1.807, 2.05) is 19.1 Å². The molecule has 1 saturated heterocycles. The molecule has 1 fully saturated rings. The first-order chi connectivity index (χ1) is 14.4. The average Bonchev–Trinajstić information content (AvgIpc) is 2.99. The highest BCUT2D eigenvalue weighted by atomic mass is 16.4. The molecule has 1 aliphatic heterocycles. The first-order valence-corrected chi connectivity index (χ1v) is 9.66. The molecule has 30 heavy (non-hydrogen) atoms. The Morgan fingerprint density at radius 2 is 1.77 bits per heavy atom. The second-order valence-electron chi connectivity index (χ2n) is 7.55. The summed E-state index contributed by atoms with van der Waals surface area (Å²) in [5.41, 5.74) is 1.20. The molecule has 0 unspecified atom stereocenters. The van der Waals surface area contributed by atoms with E-state index in [1.165, 1.54) is 29.2 Å². The predicted octanol–water partition coefficient (Wildman–Crippen LogP) is 3.34. The van der Waals surface area contributed by atoms with Crippen LogP contribution >= 0.6 is 0 Å². The van der Waals surface area contributed by atoms with Crippen molar-refractivity contribution in [3.63, 3.8) is 0 Å². The lowest BCUT2D eigenvalue weighted by atomic mass is 9.78. The van der Waals surface area contributed by atoms with Crippen molar-refractivity contribution in [2.45, 2.75) is 13.3 Å². The third-order valence-electron chi connectivity index (χ3n) is 5.63. The fourth-order valence-electron chi connectivity index (χ4n) is 4.10. The topological polar surface area (TPSA) is 104 Å². The van der Waals surface area contributed by atoms with Gasteiger partial charge in [-0.15, -0.1) is 0 Å². The van der Waals surface area contributed by atoms with Crippen molar-refractivity contribution < 1.29 is 24.3 Å². The van der Waals surface area contributed by atoms with Crippen molar-refractivity contribution in [2.75, 3.05) is 10.2 Å². The molecular formula is C23H20N2O5. The molecule has 2 aliphatic rings. The van der Waals surface area contributed by atoms with E-state index >= 15 is 0 Å². The highest BCUT2D eigenvalue weighted by Crippen LogP contribution is 2.40. The molecular weight excluding hydrogens is 384 g/mol. The number of fused-ring (bicyclic) bond motifs is 1. The number of benzene rings is 2. The molecule has 0 bridgehead atoms. The van der Waals surface area contributed by atoms with Crippen LogP contribution in [0.25, 0.3) is 0 Å². The van der Waals surface area contributed by atoms with Crippen molar-refractivity contribution in [3.05, 3.63) is 71.8 Å². The number of carbonyl (C=O) groups is 4. The fourth-order valence-corrected chi connectivity index (χ4v) is 4.10. The van der Waals surface area contributed by atoms with Crippen LogP contribution < -0.4 is 10.2 Å². The van der Waals surface area contributed by atoms with Gasteiger partial charge in [0.1, 0.15) is 0 Å². The molecule has 4 rings (SSSR count). The van der Waals surface area contributed by atoms with E-state index in [1.54, 1.807) is 24.3 Å². The zero-order valence-corrected chi connectivity index (χ0v) is 16.2. The molecule has 152 valence electrons. The van der Waals surface area contributed by atoms with Crippen LogP contribution in [-0.2, 0) is 9.59 Å². The number of hydrogen-bond acceptors (Lipinski definition) is 4. The van der Waals surface area contributed by atoms with E-state index in [0.29, 0.717) is 23.4 Å². The Hall–Kier alpha value is -3.74. The number of rotatable bonds is 4. The summed E-state index contributed by atoms with van der Waals surface area (Å²) >= 11 is 0. The van der Waals surface area contributed by atoms with Crippen LogP contribution in [-0.4, -0.2) is 28.8 Å². The van der Waals surface area contributed by atoms with Crippen LogP contribution in [0.15, 0.2) is 60.7 Å². The Morgan fingerprint density at radius 3 is 2.43 bits per heavy atom. The van der Waals surface area contributed by atoms with E-state index in [9.17, 15) is 19.2 Å². The summed E-state index contributed by atoms with van der Waals surface area (Å²) in [7, 11) is 0. The molecule has 1 aliphatic carbocycles. The number of hydrogen-bond donors (Lipinski definition) is 2. The molecule has 3 atom stereocenters. The minimum Gasteiger partial charge on any atom is -0.478 e. The summed E-state index contributed by atoms with van der Waals surface area (Å²) in [5.74, 6) is -2.57. The summed E-state index contributed by atoms with van der Waals surface area (Å²) in [6.07, 6.45) is 4.49. The molecule has 2 N–H and O–H groups in total. The van der Waals surface area contributed by atoms with Gasteiger partial charge in [0, 0.05) is 11.3 Å². The van der Waals surface area contributed by atoms with Crippen molar-refractivity contribution in [3.8, 4) is 0 Å². The molecule has 2 aromatic carbocycles. The number of anilines is 2. The number of aromatic carboxylic acids is 1. The smallest absolute Gasteiger partial charge is 0.335 e. The lowest BCUT2D eigenvalue weighted by Gasteiger charge is -2.22. The quantitative estimate of drug-likeness (QED) is 0.601. The molecule has 7 heteroatoms. The van der Waals surface area contributed by atoms with Gasteiger partial charge in [-0.2, -0.15) is 0 Å². The van der Waals surface area contributed by atoms with Crippen molar-refractivity contribution in [2.24, 2.45) is 17.8 Å². The Kier molecular flexibility index (Phi) is 4.95. The molecule has 0 aromatic heterocycles. The standard InChI is InChI=1S/C23H20N2O5/c1-13-4-2-7-18-19(13)22(28)25(21(18)27)17-10-8-14(9-11-17)20(26)24-16-6-3-5-15(12-16)23(29)30/h2-6,8-13,18-19H,7H2,1H3,(H,24,26)(H,29,30)/t13-,18+,19-/m1/s1. The second kappa shape index (κ2) is 7.59. The SMILES string of the molecule is C[C@@H]1C=CC[C@@H]2C(=O)N(c3ccc(C(=O)Nc4cccc(C(=O)O)c4)cc3)C(=O)[C@H]12. The van der Waals surface area contributed by atoms with Gasteiger partial charge >= 0.3 is 5.97 Å². The van der Waals surface area contributed by atoms with Gasteiger partial charge in [0.05, 0.1) is 23.1 Å². The van der Waals surface area contributed by atoms with Crippen LogP contribution in [0, 0.1) is 17.8 Å². The number of imide groups is 1. The average molecular weight is 404 g/mol. The molecule has 3 amide bonds. The number of nitrogens with one attached hydrogen (secondary N) is 1. The summed E-state index contributed by atoms with van der Waals surface area (Å²) < 4.78 is 0. The minimum absolute atomic E-state index is 0.0109. The summed E-state index contributed by atoms with van der Waals surface area (Å²) in [6, 6.07) is 12.2. The molecule has 7 nitrogen and oxygen atoms in total. The third-order valence-corrected chi connectivity index (χ3v) is 5.63. The van der Waals surface area contributed by atoms with Gasteiger partial charge < -0.3 is 10.4 Å². The van der Waals surface area contributed by atoms with Gasteiger partial charge in [0.15, 0.2) is 0 Å². The number of carboxylic acids is 1. The molecule has 2 aromatic rings. The Labute approximate surface area is 173 Å². The van der Waals surface area contributed by atoms with Gasteiger partial charge in [-0.25, -0.2) is 4.79 Å². The van der Waals surface area contributed by atoms with E-state index in [-0.39, 0.29) is 35.1 Å². The van der Waals surface area contributed by atoms with Gasteiger partial charge in [-0.05, 0) is 54.8 Å². The largest absolute Gasteiger partial charge is 0.478 e. The number of amides is 3. The van der Waals surface area contributed by atoms with Crippen molar-refractivity contribution in [1.29, 1.82) is 0 Å². The highest BCUT2D eigenvalue weighted by Gasteiger charge is 2.50. The number of allylic oxidation sites excluding steroid dienone is 2. The summed E-state index contributed by atoms with van der Waals surface area (Å²) in [6.45, 7) is 1.94. The fraction of sp³-hybridized carbons (Fsp3) is 0.217. The minimum atomic E-state index is -1.08. The zero-order valence-electron chi connectivity index (χ0n) is 16.2. The van der Waals surface area contributed by atoms with Crippen molar-refractivity contribution >= 4 is 35.1 Å². The van der Waals surface area contributed by atoms with Gasteiger partial charge in [-0.1, -0.05) is 25.1 Å². The van der Waals surface area contributed by atoms with Gasteiger partial charge in [-0.3, -0.25) is 19.3 Å². The monoisotopic (exact) mass is 404 g/mol. The van der Waals surface area contributed by atoms with Crippen LogP contribution in [0.4, 0.5) is 11.4 Å². The zero-order chi connectivity index (χ0) is 21.4. The maximum absolute atomic E-state index is 12.9. The first-order valence-electron chi connectivity index (χ1n) is 9.66. The number of carboxylic acid groups (broad SMARTS) is 1. The maximum Gasteiger partial charge on any atom is 0.335 e. The Morgan fingerprint density at radius 1 is 1.03 bits per heavy atom. The normalized spacial score (nSPS) is 22.7. The maximum atomic E-state index is 12.9. The summed E-state index contributed by atoms with van der Waals surface area (Å²) in [4.78, 5) is 50.4. The molecule has 0 saturated carbocycles.